The second kappa shape index (κ2) is 7.28. The SMILES string of the molecule is CC[C@@H](C)NC(=O)[C@]1(O)c2ccccc2NC(=O)N1c1cccc(OC)c1. The Morgan fingerprint density at radius 2 is 2.04 bits per heavy atom. The van der Waals surface area contributed by atoms with Gasteiger partial charge in [0.15, 0.2) is 0 Å². The predicted octanol–water partition coefficient (Wildman–Crippen LogP) is 2.81. The molecule has 0 unspecified atom stereocenters. The van der Waals surface area contributed by atoms with Gasteiger partial charge in [0.25, 0.3) is 11.6 Å². The smallest absolute Gasteiger partial charge is 0.329 e. The second-order valence-electron chi connectivity index (χ2n) is 6.47. The summed E-state index contributed by atoms with van der Waals surface area (Å²) in [7, 11) is 1.51. The van der Waals surface area contributed by atoms with Crippen molar-refractivity contribution in [2.75, 3.05) is 17.3 Å². The molecule has 1 aliphatic rings. The molecule has 0 aromatic heterocycles. The molecule has 0 fully saturated rings. The van der Waals surface area contributed by atoms with Crippen LogP contribution in [0, 0.1) is 0 Å². The second-order valence-corrected chi connectivity index (χ2v) is 6.47. The highest BCUT2D eigenvalue weighted by molar-refractivity contribution is 6.11. The average molecular weight is 369 g/mol. The molecule has 0 saturated carbocycles. The lowest BCUT2D eigenvalue weighted by atomic mass is 9.94. The molecule has 2 aromatic carbocycles. The van der Waals surface area contributed by atoms with Gasteiger partial charge in [-0.3, -0.25) is 9.69 Å². The van der Waals surface area contributed by atoms with Crippen LogP contribution in [0.5, 0.6) is 5.75 Å². The number of urea groups is 1. The largest absolute Gasteiger partial charge is 0.497 e. The molecular formula is C20H23N3O4. The van der Waals surface area contributed by atoms with Crippen molar-refractivity contribution in [3.63, 3.8) is 0 Å². The Balaban J connectivity index is 2.17. The van der Waals surface area contributed by atoms with Crippen LogP contribution in [0.4, 0.5) is 16.2 Å². The quantitative estimate of drug-likeness (QED) is 0.756. The molecule has 1 aliphatic heterocycles. The van der Waals surface area contributed by atoms with Crippen LogP contribution in [0.1, 0.15) is 25.8 Å². The van der Waals surface area contributed by atoms with Crippen molar-refractivity contribution in [2.45, 2.75) is 32.0 Å². The van der Waals surface area contributed by atoms with Gasteiger partial charge in [-0.2, -0.15) is 0 Å². The van der Waals surface area contributed by atoms with E-state index in [-0.39, 0.29) is 6.04 Å². The third kappa shape index (κ3) is 3.21. The lowest BCUT2D eigenvalue weighted by Gasteiger charge is -2.43. The number of hydrogen-bond acceptors (Lipinski definition) is 4. The Morgan fingerprint density at radius 3 is 2.74 bits per heavy atom. The van der Waals surface area contributed by atoms with Crippen LogP contribution < -0.4 is 20.3 Å². The molecule has 7 heteroatoms. The Hall–Kier alpha value is -3.06. The fourth-order valence-corrected chi connectivity index (χ4v) is 3.04. The van der Waals surface area contributed by atoms with Crippen molar-refractivity contribution in [3.8, 4) is 5.75 Å². The molecule has 0 bridgehead atoms. The molecule has 2 atom stereocenters. The molecule has 3 N–H and O–H groups in total. The van der Waals surface area contributed by atoms with Gasteiger partial charge in [-0.15, -0.1) is 0 Å². The number of nitrogens with one attached hydrogen (secondary N) is 2. The first-order valence-electron chi connectivity index (χ1n) is 8.80. The number of amides is 3. The summed E-state index contributed by atoms with van der Waals surface area (Å²) in [5.41, 5.74) is -1.17. The van der Waals surface area contributed by atoms with Gasteiger partial charge in [0.2, 0.25) is 0 Å². The van der Waals surface area contributed by atoms with E-state index in [1.54, 1.807) is 48.5 Å². The normalized spacial score (nSPS) is 19.7. The van der Waals surface area contributed by atoms with Gasteiger partial charge in [0.05, 0.1) is 18.5 Å². The van der Waals surface area contributed by atoms with Crippen LogP contribution in [-0.4, -0.2) is 30.2 Å². The van der Waals surface area contributed by atoms with E-state index in [0.29, 0.717) is 29.1 Å². The highest BCUT2D eigenvalue weighted by Crippen LogP contribution is 2.40. The van der Waals surface area contributed by atoms with Crippen LogP contribution in [0.2, 0.25) is 0 Å². The van der Waals surface area contributed by atoms with E-state index in [1.165, 1.54) is 7.11 Å². The van der Waals surface area contributed by atoms with Crippen LogP contribution in [-0.2, 0) is 10.5 Å². The van der Waals surface area contributed by atoms with Gasteiger partial charge >= 0.3 is 6.03 Å². The molecule has 3 rings (SSSR count). The summed E-state index contributed by atoms with van der Waals surface area (Å²) in [5.74, 6) is -0.161. The van der Waals surface area contributed by atoms with E-state index in [0.717, 1.165) is 4.90 Å². The minimum absolute atomic E-state index is 0.161. The van der Waals surface area contributed by atoms with Gasteiger partial charge in [0.1, 0.15) is 5.75 Å². The molecule has 0 aliphatic carbocycles. The number of rotatable bonds is 5. The number of carbonyl (C=O) groups is 2. The Labute approximate surface area is 157 Å². The minimum Gasteiger partial charge on any atom is -0.497 e. The Kier molecular flexibility index (Phi) is 5.05. The molecule has 2 aromatic rings. The molecule has 0 radical (unpaired) electrons. The van der Waals surface area contributed by atoms with Crippen molar-refractivity contribution >= 4 is 23.3 Å². The standard InChI is InChI=1S/C20H23N3O4/c1-4-13(2)21-18(24)20(26)16-10-5-6-11-17(16)22-19(25)23(20)14-8-7-9-15(12-14)27-3/h5-13,26H,4H2,1-3H3,(H,21,24)(H,22,25)/t13-,20-/m1/s1. The number of anilines is 2. The fourth-order valence-electron chi connectivity index (χ4n) is 3.04. The highest BCUT2D eigenvalue weighted by atomic mass is 16.5. The molecule has 142 valence electrons. The number of benzene rings is 2. The molecule has 0 saturated heterocycles. The van der Waals surface area contributed by atoms with Crippen molar-refractivity contribution in [1.82, 2.24) is 5.32 Å². The van der Waals surface area contributed by atoms with Crippen LogP contribution in [0.3, 0.4) is 0 Å². The maximum Gasteiger partial charge on any atom is 0.329 e. The van der Waals surface area contributed by atoms with Gasteiger partial charge in [-0.05, 0) is 31.5 Å². The number of para-hydroxylation sites is 1. The first kappa shape index (κ1) is 18.7. The fraction of sp³-hybridized carbons (Fsp3) is 0.300. The maximum absolute atomic E-state index is 13.1. The highest BCUT2D eigenvalue weighted by Gasteiger charge is 2.52. The number of aliphatic hydroxyl groups is 1. The van der Waals surface area contributed by atoms with E-state index in [2.05, 4.69) is 10.6 Å². The summed E-state index contributed by atoms with van der Waals surface area (Å²) in [6, 6.07) is 12.6. The summed E-state index contributed by atoms with van der Waals surface area (Å²) in [6.45, 7) is 3.77. The van der Waals surface area contributed by atoms with Gasteiger partial charge in [0, 0.05) is 17.7 Å². The zero-order valence-electron chi connectivity index (χ0n) is 15.5. The number of ether oxygens (including phenoxy) is 1. The number of methoxy groups -OCH3 is 1. The lowest BCUT2D eigenvalue weighted by molar-refractivity contribution is -0.140. The van der Waals surface area contributed by atoms with Crippen LogP contribution in [0.15, 0.2) is 48.5 Å². The third-order valence-electron chi connectivity index (χ3n) is 4.69. The number of fused-ring (bicyclic) bond motifs is 1. The predicted molar refractivity (Wildman–Crippen MR) is 103 cm³/mol. The topological polar surface area (TPSA) is 90.9 Å². The Bertz CT molecular complexity index is 870. The van der Waals surface area contributed by atoms with E-state index >= 15 is 0 Å². The monoisotopic (exact) mass is 369 g/mol. The van der Waals surface area contributed by atoms with Crippen LogP contribution >= 0.6 is 0 Å². The zero-order valence-corrected chi connectivity index (χ0v) is 15.5. The zero-order chi connectivity index (χ0) is 19.6. The summed E-state index contributed by atoms with van der Waals surface area (Å²) in [5, 5.41) is 17.1. The molecule has 3 amide bonds. The van der Waals surface area contributed by atoms with Crippen molar-refractivity contribution in [1.29, 1.82) is 0 Å². The van der Waals surface area contributed by atoms with E-state index < -0.39 is 17.7 Å². The minimum atomic E-state index is -2.20. The molecule has 7 nitrogen and oxygen atoms in total. The first-order valence-corrected chi connectivity index (χ1v) is 8.80. The summed E-state index contributed by atoms with van der Waals surface area (Å²) < 4.78 is 5.22. The number of carbonyl (C=O) groups excluding carboxylic acids is 2. The third-order valence-corrected chi connectivity index (χ3v) is 4.69. The molecule has 1 heterocycles. The number of hydrogen-bond donors (Lipinski definition) is 3. The molecular weight excluding hydrogens is 346 g/mol. The lowest BCUT2D eigenvalue weighted by Crippen LogP contribution is -2.63. The first-order chi connectivity index (χ1) is 12.9. The maximum atomic E-state index is 13.1. The number of nitrogens with zero attached hydrogens (tertiary/aromatic N) is 1. The van der Waals surface area contributed by atoms with E-state index in [1.807, 2.05) is 13.8 Å². The summed E-state index contributed by atoms with van der Waals surface area (Å²) in [6.07, 6.45) is 0.689. The molecule has 27 heavy (non-hydrogen) atoms. The van der Waals surface area contributed by atoms with E-state index in [9.17, 15) is 14.7 Å². The van der Waals surface area contributed by atoms with Crippen LogP contribution in [0.25, 0.3) is 0 Å². The van der Waals surface area contributed by atoms with Gasteiger partial charge < -0.3 is 20.5 Å². The molecule has 0 spiro atoms. The summed E-state index contributed by atoms with van der Waals surface area (Å²) >= 11 is 0. The van der Waals surface area contributed by atoms with Crippen molar-refractivity contribution in [3.05, 3.63) is 54.1 Å². The average Bonchev–Trinajstić information content (AvgIpc) is 2.67. The van der Waals surface area contributed by atoms with E-state index in [4.69, 9.17) is 4.74 Å². The van der Waals surface area contributed by atoms with Crippen molar-refractivity contribution in [2.24, 2.45) is 0 Å². The Morgan fingerprint density at radius 1 is 1.30 bits per heavy atom. The van der Waals surface area contributed by atoms with Crippen molar-refractivity contribution < 1.29 is 19.4 Å². The summed E-state index contributed by atoms with van der Waals surface area (Å²) in [4.78, 5) is 27.0. The van der Waals surface area contributed by atoms with Gasteiger partial charge in [-0.1, -0.05) is 31.2 Å². The van der Waals surface area contributed by atoms with Gasteiger partial charge in [-0.25, -0.2) is 4.79 Å².